The quantitative estimate of drug-likeness (QED) is 0.616. The Morgan fingerprint density at radius 1 is 1.17 bits per heavy atom. The zero-order valence-electron chi connectivity index (χ0n) is 18.2. The number of piperidine rings is 1. The van der Waals surface area contributed by atoms with Crippen LogP contribution in [0.2, 0.25) is 0 Å². The van der Waals surface area contributed by atoms with Crippen LogP contribution < -0.4 is 16.0 Å². The summed E-state index contributed by atoms with van der Waals surface area (Å²) in [5.41, 5.74) is 10.1. The van der Waals surface area contributed by atoms with Crippen LogP contribution in [0.3, 0.4) is 0 Å². The number of nitrogen functional groups attached to an aromatic ring is 1. The molecular formula is C22H32N8. The highest BCUT2D eigenvalue weighted by molar-refractivity contribution is 5.61. The third kappa shape index (κ3) is 4.32. The molecule has 1 aliphatic rings. The first-order chi connectivity index (χ1) is 14.5. The van der Waals surface area contributed by atoms with Crippen molar-refractivity contribution in [1.82, 2.24) is 24.6 Å². The fraction of sp³-hybridized carbons (Fsp3) is 0.545. The topological polar surface area (TPSA) is 97.3 Å². The van der Waals surface area contributed by atoms with Gasteiger partial charge >= 0.3 is 0 Å². The average Bonchev–Trinajstić information content (AvgIpc) is 3.12. The number of nitrogens with two attached hydrogens (primary N) is 1. The Morgan fingerprint density at radius 3 is 2.70 bits per heavy atom. The molecule has 3 aromatic heterocycles. The van der Waals surface area contributed by atoms with Crippen LogP contribution in [0.5, 0.6) is 0 Å². The third-order valence-electron chi connectivity index (χ3n) is 5.70. The lowest BCUT2D eigenvalue weighted by molar-refractivity contribution is 0.572. The van der Waals surface area contributed by atoms with E-state index in [0.29, 0.717) is 23.8 Å². The molecule has 1 fully saturated rings. The summed E-state index contributed by atoms with van der Waals surface area (Å²) < 4.78 is 1.80. The minimum atomic E-state index is 0.285. The molecule has 3 aromatic rings. The molecule has 8 nitrogen and oxygen atoms in total. The number of anilines is 3. The fourth-order valence-electron chi connectivity index (χ4n) is 4.22. The smallest absolute Gasteiger partial charge is 0.243 e. The third-order valence-corrected chi connectivity index (χ3v) is 5.70. The van der Waals surface area contributed by atoms with Crippen molar-refractivity contribution in [3.8, 4) is 0 Å². The number of rotatable bonds is 7. The molecule has 30 heavy (non-hydrogen) atoms. The van der Waals surface area contributed by atoms with Gasteiger partial charge in [-0.1, -0.05) is 19.4 Å². The van der Waals surface area contributed by atoms with Crippen molar-refractivity contribution in [3.63, 3.8) is 0 Å². The summed E-state index contributed by atoms with van der Waals surface area (Å²) in [5.74, 6) is 2.03. The highest BCUT2D eigenvalue weighted by Crippen LogP contribution is 2.23. The molecule has 0 spiro atoms. The second-order valence-corrected chi connectivity index (χ2v) is 8.35. The zero-order chi connectivity index (χ0) is 21.1. The van der Waals surface area contributed by atoms with Crippen LogP contribution in [0.1, 0.15) is 62.8 Å². The van der Waals surface area contributed by atoms with Crippen LogP contribution in [0.4, 0.5) is 17.6 Å². The predicted molar refractivity (Wildman–Crippen MR) is 121 cm³/mol. The molecule has 1 saturated heterocycles. The van der Waals surface area contributed by atoms with E-state index in [4.69, 9.17) is 10.7 Å². The van der Waals surface area contributed by atoms with Gasteiger partial charge in [0.1, 0.15) is 5.82 Å². The van der Waals surface area contributed by atoms with Crippen molar-refractivity contribution in [2.45, 2.75) is 65.3 Å². The Kier molecular flexibility index (Phi) is 6.01. The van der Waals surface area contributed by atoms with Crippen LogP contribution in [0.15, 0.2) is 18.5 Å². The highest BCUT2D eigenvalue weighted by atomic mass is 15.3. The minimum absolute atomic E-state index is 0.285. The molecule has 0 bridgehead atoms. The van der Waals surface area contributed by atoms with Crippen molar-refractivity contribution in [2.24, 2.45) is 0 Å². The number of hydrogen-bond acceptors (Lipinski definition) is 7. The van der Waals surface area contributed by atoms with E-state index in [2.05, 4.69) is 52.1 Å². The van der Waals surface area contributed by atoms with Gasteiger partial charge in [0.15, 0.2) is 11.5 Å². The van der Waals surface area contributed by atoms with E-state index >= 15 is 0 Å². The van der Waals surface area contributed by atoms with Crippen molar-refractivity contribution >= 4 is 23.2 Å². The molecule has 4 rings (SSSR count). The molecular weight excluding hydrogens is 376 g/mol. The Balaban J connectivity index is 1.57. The Hall–Kier alpha value is -2.90. The fourth-order valence-corrected chi connectivity index (χ4v) is 4.22. The normalized spacial score (nSPS) is 15.5. The Morgan fingerprint density at radius 2 is 1.97 bits per heavy atom. The van der Waals surface area contributed by atoms with Crippen molar-refractivity contribution in [3.05, 3.63) is 35.3 Å². The molecule has 0 amide bonds. The maximum Gasteiger partial charge on any atom is 0.243 e. The molecule has 0 aliphatic carbocycles. The van der Waals surface area contributed by atoms with E-state index in [1.807, 2.05) is 12.4 Å². The summed E-state index contributed by atoms with van der Waals surface area (Å²) in [4.78, 5) is 16.0. The van der Waals surface area contributed by atoms with Gasteiger partial charge in [0, 0.05) is 31.7 Å². The van der Waals surface area contributed by atoms with Crippen LogP contribution in [-0.4, -0.2) is 43.7 Å². The molecule has 8 heteroatoms. The molecule has 3 N–H and O–H groups in total. The number of imidazole rings is 1. The van der Waals surface area contributed by atoms with E-state index in [0.717, 1.165) is 43.0 Å². The monoisotopic (exact) mass is 408 g/mol. The second-order valence-electron chi connectivity index (χ2n) is 8.35. The van der Waals surface area contributed by atoms with E-state index in [1.54, 1.807) is 4.52 Å². The van der Waals surface area contributed by atoms with Crippen molar-refractivity contribution in [2.75, 3.05) is 29.0 Å². The first-order valence-electron chi connectivity index (χ1n) is 11.0. The van der Waals surface area contributed by atoms with Crippen molar-refractivity contribution in [1.29, 1.82) is 0 Å². The second kappa shape index (κ2) is 8.85. The predicted octanol–water partition coefficient (Wildman–Crippen LogP) is 3.59. The molecule has 4 heterocycles. The van der Waals surface area contributed by atoms with E-state index < -0.39 is 0 Å². The number of nitrogens with one attached hydrogen (secondary N) is 1. The van der Waals surface area contributed by atoms with Gasteiger partial charge in [0.05, 0.1) is 11.9 Å². The number of aryl methyl sites for hydroxylation is 1. The maximum absolute atomic E-state index is 6.15. The number of aromatic nitrogens is 5. The standard InChI is InChI=1S/C22H32N8/c1-4-8-16(3)26-22-27-19(23)21-25-14-18(30(21)28-22)12-17-11-15(2)20(24-13-17)29-9-6-5-7-10-29/h11,13-14,16H,4-10,12H2,1-3H3,(H3,23,26,27,28)/t16-/m1/s1. The summed E-state index contributed by atoms with van der Waals surface area (Å²) in [5, 5.41) is 7.99. The summed E-state index contributed by atoms with van der Waals surface area (Å²) in [6.45, 7) is 8.63. The lowest BCUT2D eigenvalue weighted by Gasteiger charge is -2.29. The Bertz CT molecular complexity index is 1010. The van der Waals surface area contributed by atoms with Gasteiger partial charge in [-0.2, -0.15) is 4.98 Å². The van der Waals surface area contributed by atoms with Gasteiger partial charge in [-0.25, -0.2) is 14.5 Å². The number of fused-ring (bicyclic) bond motifs is 1. The van der Waals surface area contributed by atoms with Gasteiger partial charge in [-0.15, -0.1) is 5.10 Å². The first kappa shape index (κ1) is 20.4. The number of hydrogen-bond donors (Lipinski definition) is 2. The molecule has 0 radical (unpaired) electrons. The average molecular weight is 409 g/mol. The lowest BCUT2D eigenvalue weighted by Crippen LogP contribution is -2.30. The molecule has 1 aliphatic heterocycles. The van der Waals surface area contributed by atoms with Gasteiger partial charge in [-0.05, 0) is 50.7 Å². The van der Waals surface area contributed by atoms with Gasteiger partial charge < -0.3 is 16.0 Å². The highest BCUT2D eigenvalue weighted by Gasteiger charge is 2.16. The molecule has 0 aromatic carbocycles. The minimum Gasteiger partial charge on any atom is -0.380 e. The van der Waals surface area contributed by atoms with Gasteiger partial charge in [0.25, 0.3) is 0 Å². The molecule has 0 saturated carbocycles. The summed E-state index contributed by atoms with van der Waals surface area (Å²) in [7, 11) is 0. The number of pyridine rings is 1. The number of nitrogens with zero attached hydrogens (tertiary/aromatic N) is 6. The summed E-state index contributed by atoms with van der Waals surface area (Å²) in [6.07, 6.45) is 10.5. The molecule has 0 unspecified atom stereocenters. The summed E-state index contributed by atoms with van der Waals surface area (Å²) >= 11 is 0. The lowest BCUT2D eigenvalue weighted by atomic mass is 10.1. The van der Waals surface area contributed by atoms with E-state index in [1.165, 1.54) is 24.8 Å². The van der Waals surface area contributed by atoms with Gasteiger partial charge in [0.2, 0.25) is 5.95 Å². The zero-order valence-corrected chi connectivity index (χ0v) is 18.2. The maximum atomic E-state index is 6.15. The summed E-state index contributed by atoms with van der Waals surface area (Å²) in [6, 6.07) is 2.51. The van der Waals surface area contributed by atoms with Gasteiger partial charge in [-0.3, -0.25) is 0 Å². The van der Waals surface area contributed by atoms with Crippen LogP contribution in [-0.2, 0) is 6.42 Å². The largest absolute Gasteiger partial charge is 0.380 e. The van der Waals surface area contributed by atoms with Crippen LogP contribution >= 0.6 is 0 Å². The SMILES string of the molecule is CCC[C@@H](C)Nc1nc(N)c2ncc(Cc3cnc(N4CCCCC4)c(C)c3)n2n1. The van der Waals surface area contributed by atoms with Crippen LogP contribution in [0, 0.1) is 6.92 Å². The van der Waals surface area contributed by atoms with Crippen LogP contribution in [0.25, 0.3) is 5.65 Å². The molecule has 160 valence electrons. The van der Waals surface area contributed by atoms with E-state index in [-0.39, 0.29) is 6.04 Å². The van der Waals surface area contributed by atoms with E-state index in [9.17, 15) is 0 Å². The first-order valence-corrected chi connectivity index (χ1v) is 11.0. The Labute approximate surface area is 177 Å². The van der Waals surface area contributed by atoms with Crippen molar-refractivity contribution < 1.29 is 0 Å². The molecule has 1 atom stereocenters.